The maximum atomic E-state index is 13.2. The van der Waals surface area contributed by atoms with E-state index >= 15 is 0 Å². The van der Waals surface area contributed by atoms with E-state index in [0.717, 1.165) is 25.7 Å². The van der Waals surface area contributed by atoms with E-state index < -0.39 is 0 Å². The van der Waals surface area contributed by atoms with E-state index in [-0.39, 0.29) is 36.0 Å². The highest BCUT2D eigenvalue weighted by Gasteiger charge is 2.39. The minimum absolute atomic E-state index is 0.0485. The third kappa shape index (κ3) is 5.23. The standard InChI is InChI=1S/C24H33N3O5/c1-15(28)25-17-8-11-21-19(12-17)24(30)27(2)20-10-9-18(32-22(20)14-31-21)13-23(29)26-16-6-4-3-5-7-16/h8,11-12,16,18,20,22H,3-7,9-10,13-14H2,1-2H3,(H,25,28)(H,26,29)/t18-,20+,22+/m0/s1. The fourth-order valence-corrected chi connectivity index (χ4v) is 5.05. The molecule has 174 valence electrons. The number of fused-ring (bicyclic) bond motifs is 2. The molecule has 32 heavy (non-hydrogen) atoms. The van der Waals surface area contributed by atoms with Crippen LogP contribution >= 0.6 is 0 Å². The van der Waals surface area contributed by atoms with Crippen molar-refractivity contribution >= 4 is 23.4 Å². The van der Waals surface area contributed by atoms with Crippen LogP contribution in [0.15, 0.2) is 18.2 Å². The Bertz CT molecular complexity index is 867. The molecule has 8 nitrogen and oxygen atoms in total. The van der Waals surface area contributed by atoms with Crippen LogP contribution in [-0.2, 0) is 14.3 Å². The Morgan fingerprint density at radius 1 is 1.12 bits per heavy atom. The van der Waals surface area contributed by atoms with Crippen LogP contribution in [0.2, 0.25) is 0 Å². The van der Waals surface area contributed by atoms with Gasteiger partial charge in [0.15, 0.2) is 0 Å². The number of carbonyl (C=O) groups is 3. The van der Waals surface area contributed by atoms with Crippen molar-refractivity contribution in [3.8, 4) is 5.75 Å². The third-order valence-corrected chi connectivity index (χ3v) is 6.72. The molecule has 1 aromatic rings. The first-order valence-corrected chi connectivity index (χ1v) is 11.7. The molecule has 0 unspecified atom stereocenters. The van der Waals surface area contributed by atoms with Gasteiger partial charge in [0.2, 0.25) is 11.8 Å². The summed E-state index contributed by atoms with van der Waals surface area (Å²) in [6, 6.07) is 5.23. The zero-order valence-electron chi connectivity index (χ0n) is 18.9. The highest BCUT2D eigenvalue weighted by Crippen LogP contribution is 2.32. The van der Waals surface area contributed by atoms with Crippen molar-refractivity contribution in [2.45, 2.75) is 82.6 Å². The number of rotatable bonds is 4. The van der Waals surface area contributed by atoms with Gasteiger partial charge in [-0.05, 0) is 43.9 Å². The molecule has 1 saturated heterocycles. The maximum Gasteiger partial charge on any atom is 0.257 e. The molecule has 3 aliphatic rings. The van der Waals surface area contributed by atoms with E-state index in [1.54, 1.807) is 30.1 Å². The first-order chi connectivity index (χ1) is 15.4. The van der Waals surface area contributed by atoms with Gasteiger partial charge in [0.25, 0.3) is 5.91 Å². The van der Waals surface area contributed by atoms with Crippen LogP contribution in [0.4, 0.5) is 5.69 Å². The van der Waals surface area contributed by atoms with E-state index in [1.807, 2.05) is 0 Å². The number of hydrogen-bond donors (Lipinski definition) is 2. The molecule has 0 bridgehead atoms. The van der Waals surface area contributed by atoms with Crippen LogP contribution in [-0.4, -0.2) is 60.6 Å². The number of likely N-dealkylation sites (N-methyl/N-ethyl adjacent to an activating group) is 1. The Hall–Kier alpha value is -2.61. The summed E-state index contributed by atoms with van der Waals surface area (Å²) < 4.78 is 12.2. The number of carbonyl (C=O) groups excluding carboxylic acids is 3. The normalized spacial score (nSPS) is 26.1. The average Bonchev–Trinajstić information content (AvgIpc) is 2.77. The molecule has 1 aliphatic carbocycles. The first-order valence-electron chi connectivity index (χ1n) is 11.7. The minimum Gasteiger partial charge on any atom is -0.490 e. The summed E-state index contributed by atoms with van der Waals surface area (Å²) in [7, 11) is 1.78. The molecular formula is C24H33N3O5. The Morgan fingerprint density at radius 3 is 2.66 bits per heavy atom. The van der Waals surface area contributed by atoms with Crippen molar-refractivity contribution in [1.29, 1.82) is 0 Å². The van der Waals surface area contributed by atoms with Crippen molar-refractivity contribution < 1.29 is 23.9 Å². The number of nitrogens with zero attached hydrogens (tertiary/aromatic N) is 1. The van der Waals surface area contributed by atoms with Crippen LogP contribution in [0.3, 0.4) is 0 Å². The molecule has 2 fully saturated rings. The van der Waals surface area contributed by atoms with Crippen molar-refractivity contribution in [1.82, 2.24) is 10.2 Å². The summed E-state index contributed by atoms with van der Waals surface area (Å²) >= 11 is 0. The van der Waals surface area contributed by atoms with Crippen molar-refractivity contribution in [3.05, 3.63) is 23.8 Å². The van der Waals surface area contributed by atoms with Crippen molar-refractivity contribution in [2.75, 3.05) is 19.0 Å². The molecule has 0 aromatic heterocycles. The third-order valence-electron chi connectivity index (χ3n) is 6.72. The van der Waals surface area contributed by atoms with Crippen LogP contribution in [0.25, 0.3) is 0 Å². The zero-order chi connectivity index (χ0) is 22.7. The molecular weight excluding hydrogens is 410 g/mol. The molecule has 0 spiro atoms. The molecule has 8 heteroatoms. The molecule has 2 heterocycles. The van der Waals surface area contributed by atoms with Gasteiger partial charge in [-0.25, -0.2) is 0 Å². The number of benzene rings is 1. The van der Waals surface area contributed by atoms with E-state index in [0.29, 0.717) is 36.1 Å². The number of anilines is 1. The molecule has 3 amide bonds. The monoisotopic (exact) mass is 443 g/mol. The van der Waals surface area contributed by atoms with E-state index in [4.69, 9.17) is 9.47 Å². The van der Waals surface area contributed by atoms with E-state index in [9.17, 15) is 14.4 Å². The lowest BCUT2D eigenvalue weighted by molar-refractivity contribution is -0.134. The summed E-state index contributed by atoms with van der Waals surface area (Å²) in [6.45, 7) is 1.73. The zero-order valence-corrected chi connectivity index (χ0v) is 18.9. The summed E-state index contributed by atoms with van der Waals surface area (Å²) in [5.41, 5.74) is 0.980. The van der Waals surface area contributed by atoms with Crippen molar-refractivity contribution in [2.24, 2.45) is 0 Å². The second-order valence-corrected chi connectivity index (χ2v) is 9.17. The van der Waals surface area contributed by atoms with Gasteiger partial charge in [0.05, 0.1) is 24.1 Å². The lowest BCUT2D eigenvalue weighted by Gasteiger charge is -2.42. The predicted molar refractivity (Wildman–Crippen MR) is 120 cm³/mol. The molecule has 2 aliphatic heterocycles. The first kappa shape index (κ1) is 22.6. The van der Waals surface area contributed by atoms with Gasteiger partial charge in [-0.3, -0.25) is 14.4 Å². The second kappa shape index (κ2) is 9.90. The molecule has 4 rings (SSSR count). The van der Waals surface area contributed by atoms with Crippen LogP contribution in [0.5, 0.6) is 5.75 Å². The van der Waals surface area contributed by atoms with Gasteiger partial charge in [-0.2, -0.15) is 0 Å². The Kier molecular flexibility index (Phi) is 6.98. The number of nitrogens with one attached hydrogen (secondary N) is 2. The number of hydrogen-bond acceptors (Lipinski definition) is 5. The van der Waals surface area contributed by atoms with Crippen molar-refractivity contribution in [3.63, 3.8) is 0 Å². The maximum absolute atomic E-state index is 13.2. The minimum atomic E-state index is -0.298. The Balaban J connectivity index is 1.40. The van der Waals surface area contributed by atoms with E-state index in [1.165, 1.54) is 26.2 Å². The number of amides is 3. The fourth-order valence-electron chi connectivity index (χ4n) is 5.05. The summed E-state index contributed by atoms with van der Waals surface area (Å²) in [5.74, 6) is 0.151. The quantitative estimate of drug-likeness (QED) is 0.746. The van der Waals surface area contributed by atoms with Gasteiger partial charge >= 0.3 is 0 Å². The van der Waals surface area contributed by atoms with Gasteiger partial charge in [0, 0.05) is 25.7 Å². The summed E-state index contributed by atoms with van der Waals surface area (Å²) in [5, 5.41) is 5.87. The van der Waals surface area contributed by atoms with Gasteiger partial charge < -0.3 is 25.0 Å². The highest BCUT2D eigenvalue weighted by molar-refractivity contribution is 5.99. The highest BCUT2D eigenvalue weighted by atomic mass is 16.5. The fraction of sp³-hybridized carbons (Fsp3) is 0.625. The van der Waals surface area contributed by atoms with Crippen LogP contribution < -0.4 is 15.4 Å². The molecule has 2 N–H and O–H groups in total. The van der Waals surface area contributed by atoms with Gasteiger partial charge in [-0.15, -0.1) is 0 Å². The summed E-state index contributed by atoms with van der Waals surface area (Å²) in [6.07, 6.45) is 7.08. The predicted octanol–water partition coefficient (Wildman–Crippen LogP) is 2.86. The molecule has 3 atom stereocenters. The van der Waals surface area contributed by atoms with Gasteiger partial charge in [-0.1, -0.05) is 19.3 Å². The average molecular weight is 444 g/mol. The van der Waals surface area contributed by atoms with Crippen LogP contribution in [0.1, 0.15) is 68.6 Å². The van der Waals surface area contributed by atoms with E-state index in [2.05, 4.69) is 10.6 Å². The van der Waals surface area contributed by atoms with Gasteiger partial charge in [0.1, 0.15) is 18.5 Å². The molecule has 1 saturated carbocycles. The lowest BCUT2D eigenvalue weighted by atomic mass is 9.93. The summed E-state index contributed by atoms with van der Waals surface area (Å²) in [4.78, 5) is 38.8. The SMILES string of the molecule is CC(=O)Nc1ccc2c(c1)C(=O)N(C)[C@@H]1CC[C@@H](CC(=O)NC3CCCCC3)O[C@@H]1CO2. The molecule has 0 radical (unpaired) electrons. The largest absolute Gasteiger partial charge is 0.490 e. The Morgan fingerprint density at radius 2 is 1.91 bits per heavy atom. The number of ether oxygens (including phenoxy) is 2. The topological polar surface area (TPSA) is 97.0 Å². The second-order valence-electron chi connectivity index (χ2n) is 9.17. The lowest BCUT2D eigenvalue weighted by Crippen LogP contribution is -2.54. The smallest absolute Gasteiger partial charge is 0.257 e. The Labute approximate surface area is 189 Å². The molecule has 1 aromatic carbocycles. The van der Waals surface area contributed by atoms with Crippen LogP contribution in [0, 0.1) is 0 Å².